The lowest BCUT2D eigenvalue weighted by Gasteiger charge is -2.09. The fraction of sp³-hybridized carbons (Fsp3) is 0.111. The molecule has 2 heterocycles. The van der Waals surface area contributed by atoms with E-state index in [1.165, 1.54) is 22.2 Å². The van der Waals surface area contributed by atoms with Crippen molar-refractivity contribution < 1.29 is 9.13 Å². The van der Waals surface area contributed by atoms with Gasteiger partial charge in [0.2, 0.25) is 5.95 Å². The molecular formula is C27H23FN6O3. The van der Waals surface area contributed by atoms with Crippen LogP contribution in [0.3, 0.4) is 0 Å². The number of imidazole rings is 1. The molecule has 2 aromatic heterocycles. The summed E-state index contributed by atoms with van der Waals surface area (Å²) in [5, 5.41) is 4.24. The number of aryl methyl sites for hydroxylation is 1. The highest BCUT2D eigenvalue weighted by Gasteiger charge is 2.18. The number of H-pyrrole nitrogens is 1. The number of hydrogen-bond acceptors (Lipinski definition) is 6. The van der Waals surface area contributed by atoms with Crippen molar-refractivity contribution in [2.24, 2.45) is 12.1 Å². The smallest absolute Gasteiger partial charge is 0.329 e. The van der Waals surface area contributed by atoms with Gasteiger partial charge in [0.25, 0.3) is 5.56 Å². The number of nitrogens with zero attached hydrogens (tertiary/aromatic N) is 4. The summed E-state index contributed by atoms with van der Waals surface area (Å²) in [4.78, 5) is 31.4. The predicted molar refractivity (Wildman–Crippen MR) is 140 cm³/mol. The minimum atomic E-state index is -0.620. The van der Waals surface area contributed by atoms with Gasteiger partial charge in [0, 0.05) is 12.6 Å². The third-order valence-corrected chi connectivity index (χ3v) is 5.80. The Balaban J connectivity index is 1.38. The van der Waals surface area contributed by atoms with E-state index in [0.29, 0.717) is 12.2 Å². The van der Waals surface area contributed by atoms with Crippen LogP contribution in [-0.4, -0.2) is 25.3 Å². The Bertz CT molecular complexity index is 1690. The summed E-state index contributed by atoms with van der Waals surface area (Å²) < 4.78 is 22.9. The normalized spacial score (nSPS) is 11.3. The second-order valence-corrected chi connectivity index (χ2v) is 8.32. The Morgan fingerprint density at radius 2 is 1.76 bits per heavy atom. The molecule has 5 rings (SSSR count). The number of anilines is 1. The fourth-order valence-electron chi connectivity index (χ4n) is 3.83. The standard InChI is InChI=1S/C27H23FN6O3/c1-33-24-23(25(35)31-27(33)36)34(16-20-9-5-6-10-22(20)28)26(30-24)32-29-15-18-11-13-21(14-12-18)37-17-19-7-3-2-4-8-19/h2-15H,16-17H2,1H3,(H,30,32)(H,31,35,36)/b29-15-. The SMILES string of the molecule is Cn1c(=O)[nH]c(=O)c2c1nc(N/N=C\c1ccc(OCc3ccccc3)cc1)n2Cc1ccccc1F. The van der Waals surface area contributed by atoms with Gasteiger partial charge in [-0.1, -0.05) is 48.5 Å². The number of halogens is 1. The van der Waals surface area contributed by atoms with E-state index in [1.54, 1.807) is 24.4 Å². The van der Waals surface area contributed by atoms with Gasteiger partial charge < -0.3 is 4.74 Å². The van der Waals surface area contributed by atoms with Gasteiger partial charge in [0.15, 0.2) is 11.2 Å². The maximum Gasteiger partial charge on any atom is 0.329 e. The monoisotopic (exact) mass is 498 g/mol. The highest BCUT2D eigenvalue weighted by Crippen LogP contribution is 2.19. The van der Waals surface area contributed by atoms with Gasteiger partial charge in [-0.25, -0.2) is 14.6 Å². The summed E-state index contributed by atoms with van der Waals surface area (Å²) in [7, 11) is 1.50. The summed E-state index contributed by atoms with van der Waals surface area (Å²) >= 11 is 0. The second kappa shape index (κ2) is 10.3. The Kier molecular flexibility index (Phi) is 6.62. The fourth-order valence-corrected chi connectivity index (χ4v) is 3.83. The minimum Gasteiger partial charge on any atom is -0.489 e. The Labute approximate surface area is 210 Å². The molecule has 0 fully saturated rings. The van der Waals surface area contributed by atoms with Crippen molar-refractivity contribution in [2.75, 3.05) is 5.43 Å². The summed E-state index contributed by atoms with van der Waals surface area (Å²) in [5.41, 5.74) is 4.11. The lowest BCUT2D eigenvalue weighted by Crippen LogP contribution is -2.29. The molecular weight excluding hydrogens is 475 g/mol. The number of fused-ring (bicyclic) bond motifs is 1. The number of aromatic amines is 1. The molecule has 0 atom stereocenters. The van der Waals surface area contributed by atoms with Crippen LogP contribution in [-0.2, 0) is 20.2 Å². The first-order valence-electron chi connectivity index (χ1n) is 11.5. The molecule has 0 aliphatic heterocycles. The van der Waals surface area contributed by atoms with Crippen LogP contribution in [0.25, 0.3) is 11.2 Å². The first-order chi connectivity index (χ1) is 18.0. The maximum absolute atomic E-state index is 14.4. The van der Waals surface area contributed by atoms with Crippen molar-refractivity contribution in [2.45, 2.75) is 13.2 Å². The molecule has 3 aromatic carbocycles. The molecule has 0 spiro atoms. The zero-order valence-corrected chi connectivity index (χ0v) is 19.9. The average Bonchev–Trinajstić information content (AvgIpc) is 3.27. The van der Waals surface area contributed by atoms with Crippen LogP contribution in [0, 0.1) is 5.82 Å². The van der Waals surface area contributed by atoms with Crippen molar-refractivity contribution in [3.05, 3.63) is 122 Å². The van der Waals surface area contributed by atoms with Crippen molar-refractivity contribution in [3.63, 3.8) is 0 Å². The highest BCUT2D eigenvalue weighted by atomic mass is 19.1. The summed E-state index contributed by atoms with van der Waals surface area (Å²) in [6.45, 7) is 0.478. The molecule has 0 bridgehead atoms. The van der Waals surface area contributed by atoms with Crippen molar-refractivity contribution in [1.82, 2.24) is 19.1 Å². The molecule has 37 heavy (non-hydrogen) atoms. The Morgan fingerprint density at radius 3 is 2.51 bits per heavy atom. The first-order valence-corrected chi connectivity index (χ1v) is 11.5. The molecule has 0 aliphatic rings. The van der Waals surface area contributed by atoms with E-state index in [4.69, 9.17) is 4.74 Å². The predicted octanol–water partition coefficient (Wildman–Crippen LogP) is 3.64. The van der Waals surface area contributed by atoms with Gasteiger partial charge >= 0.3 is 5.69 Å². The van der Waals surface area contributed by atoms with E-state index in [1.807, 2.05) is 54.6 Å². The summed E-state index contributed by atoms with van der Waals surface area (Å²) in [6, 6.07) is 23.5. The third kappa shape index (κ3) is 5.18. The number of hydrogen-bond donors (Lipinski definition) is 2. The molecule has 0 saturated heterocycles. The molecule has 0 unspecified atom stereocenters. The van der Waals surface area contributed by atoms with E-state index in [2.05, 4.69) is 20.5 Å². The van der Waals surface area contributed by atoms with Crippen LogP contribution >= 0.6 is 0 Å². The molecule has 0 aliphatic carbocycles. The van der Waals surface area contributed by atoms with Gasteiger partial charge in [-0.3, -0.25) is 18.9 Å². The van der Waals surface area contributed by atoms with Crippen molar-refractivity contribution >= 4 is 23.3 Å². The highest BCUT2D eigenvalue weighted by molar-refractivity contribution is 5.80. The largest absolute Gasteiger partial charge is 0.489 e. The average molecular weight is 499 g/mol. The lowest BCUT2D eigenvalue weighted by molar-refractivity contribution is 0.306. The summed E-state index contributed by atoms with van der Waals surface area (Å²) in [5.74, 6) is 0.486. The number of nitrogens with one attached hydrogen (secondary N) is 2. The van der Waals surface area contributed by atoms with Crippen LogP contribution in [0.5, 0.6) is 5.75 Å². The van der Waals surface area contributed by atoms with Crippen LogP contribution in [0.4, 0.5) is 10.3 Å². The zero-order chi connectivity index (χ0) is 25.8. The zero-order valence-electron chi connectivity index (χ0n) is 19.9. The van der Waals surface area contributed by atoms with Gasteiger partial charge in [-0.05, 0) is 41.5 Å². The molecule has 9 nitrogen and oxygen atoms in total. The van der Waals surface area contributed by atoms with Gasteiger partial charge in [0.05, 0.1) is 12.8 Å². The number of aromatic nitrogens is 4. The van der Waals surface area contributed by atoms with Crippen molar-refractivity contribution in [1.29, 1.82) is 0 Å². The lowest BCUT2D eigenvalue weighted by atomic mass is 10.2. The number of rotatable bonds is 8. The van der Waals surface area contributed by atoms with Crippen LogP contribution < -0.4 is 21.4 Å². The summed E-state index contributed by atoms with van der Waals surface area (Å²) in [6.07, 6.45) is 1.58. The third-order valence-electron chi connectivity index (χ3n) is 5.80. The first kappa shape index (κ1) is 23.7. The number of benzene rings is 3. The van der Waals surface area contributed by atoms with E-state index in [9.17, 15) is 14.0 Å². The van der Waals surface area contributed by atoms with Gasteiger partial charge in [-0.15, -0.1) is 0 Å². The van der Waals surface area contributed by atoms with E-state index < -0.39 is 17.1 Å². The molecule has 2 N–H and O–H groups in total. The second-order valence-electron chi connectivity index (χ2n) is 8.32. The number of ether oxygens (including phenoxy) is 1. The van der Waals surface area contributed by atoms with E-state index >= 15 is 0 Å². The van der Waals surface area contributed by atoms with E-state index in [-0.39, 0.29) is 23.7 Å². The molecule has 10 heteroatoms. The minimum absolute atomic E-state index is 0.00968. The van der Waals surface area contributed by atoms with Crippen LogP contribution in [0.1, 0.15) is 16.7 Å². The van der Waals surface area contributed by atoms with Crippen LogP contribution in [0.15, 0.2) is 93.6 Å². The molecule has 5 aromatic rings. The molecule has 186 valence electrons. The number of hydrazone groups is 1. The van der Waals surface area contributed by atoms with Gasteiger partial charge in [-0.2, -0.15) is 10.1 Å². The topological polar surface area (TPSA) is 106 Å². The Morgan fingerprint density at radius 1 is 1.03 bits per heavy atom. The quantitative estimate of drug-likeness (QED) is 0.251. The van der Waals surface area contributed by atoms with E-state index in [0.717, 1.165) is 16.9 Å². The van der Waals surface area contributed by atoms with Crippen molar-refractivity contribution in [3.8, 4) is 5.75 Å². The molecule has 0 amide bonds. The molecule has 0 radical (unpaired) electrons. The molecule has 0 saturated carbocycles. The Hall–Kier alpha value is -4.99. The maximum atomic E-state index is 14.4. The van der Waals surface area contributed by atoms with Gasteiger partial charge in [0.1, 0.15) is 18.2 Å². The van der Waals surface area contributed by atoms with Crippen LogP contribution in [0.2, 0.25) is 0 Å².